The van der Waals surface area contributed by atoms with Crippen LogP contribution in [-0.4, -0.2) is 7.05 Å². The zero-order valence-electron chi connectivity index (χ0n) is 10.4. The van der Waals surface area contributed by atoms with Crippen LogP contribution in [0.5, 0.6) is 0 Å². The quantitative estimate of drug-likeness (QED) is 0.769. The Morgan fingerprint density at radius 2 is 1.65 bits per heavy atom. The van der Waals surface area contributed by atoms with Crippen molar-refractivity contribution in [3.63, 3.8) is 0 Å². The topological polar surface area (TPSA) is 12.0 Å². The lowest BCUT2D eigenvalue weighted by Crippen LogP contribution is -2.20. The summed E-state index contributed by atoms with van der Waals surface area (Å²) in [6, 6.07) is 5.77. The molecule has 6 heteroatoms. The smallest absolute Gasteiger partial charge is 0.161 e. The molecule has 0 amide bonds. The molecule has 2 aromatic carbocycles. The van der Waals surface area contributed by atoms with Crippen molar-refractivity contribution in [3.05, 3.63) is 68.4 Å². The van der Waals surface area contributed by atoms with Gasteiger partial charge in [-0.15, -0.1) is 0 Å². The van der Waals surface area contributed by atoms with Gasteiger partial charge in [0.15, 0.2) is 11.6 Å². The fourth-order valence-corrected chi connectivity index (χ4v) is 2.76. The minimum Gasteiger partial charge on any atom is -0.309 e. The number of rotatable bonds is 3. The second kappa shape index (κ2) is 6.16. The molecule has 106 valence electrons. The van der Waals surface area contributed by atoms with Gasteiger partial charge in [0.25, 0.3) is 0 Å². The molecule has 0 aliphatic carbocycles. The third-order valence-corrected chi connectivity index (χ3v) is 3.73. The van der Waals surface area contributed by atoms with E-state index in [9.17, 15) is 13.2 Å². The van der Waals surface area contributed by atoms with Gasteiger partial charge in [0, 0.05) is 21.1 Å². The molecule has 0 fully saturated rings. The fraction of sp³-hybridized carbons (Fsp3) is 0.143. The molecule has 0 spiro atoms. The van der Waals surface area contributed by atoms with Gasteiger partial charge in [-0.1, -0.05) is 33.6 Å². The Labute approximate surface area is 127 Å². The molecule has 0 aromatic heterocycles. The normalized spacial score (nSPS) is 12.5. The number of halogens is 5. The Morgan fingerprint density at radius 1 is 1.00 bits per heavy atom. The summed E-state index contributed by atoms with van der Waals surface area (Å²) in [6.07, 6.45) is 0. The highest BCUT2D eigenvalue weighted by Gasteiger charge is 2.21. The van der Waals surface area contributed by atoms with Crippen molar-refractivity contribution >= 4 is 27.5 Å². The van der Waals surface area contributed by atoms with Crippen molar-refractivity contribution in [1.82, 2.24) is 5.32 Å². The van der Waals surface area contributed by atoms with Crippen LogP contribution in [0.3, 0.4) is 0 Å². The lowest BCUT2D eigenvalue weighted by molar-refractivity contribution is 0.483. The third kappa shape index (κ3) is 3.00. The van der Waals surface area contributed by atoms with E-state index in [2.05, 4.69) is 21.2 Å². The van der Waals surface area contributed by atoms with Gasteiger partial charge in [-0.2, -0.15) is 0 Å². The summed E-state index contributed by atoms with van der Waals surface area (Å²) in [5.41, 5.74) is 0.567. The maximum absolute atomic E-state index is 13.9. The highest BCUT2D eigenvalue weighted by atomic mass is 79.9. The summed E-state index contributed by atoms with van der Waals surface area (Å²) in [4.78, 5) is 0. The van der Waals surface area contributed by atoms with Crippen LogP contribution >= 0.6 is 27.5 Å². The van der Waals surface area contributed by atoms with E-state index in [1.807, 2.05) is 0 Å². The van der Waals surface area contributed by atoms with Crippen LogP contribution in [0, 0.1) is 17.5 Å². The number of hydrogen-bond acceptors (Lipinski definition) is 1. The molecule has 0 radical (unpaired) electrons. The van der Waals surface area contributed by atoms with E-state index in [1.165, 1.54) is 0 Å². The predicted octanol–water partition coefficient (Wildman–Crippen LogP) is 4.83. The molecular weight excluding hydrogens is 355 g/mol. The van der Waals surface area contributed by atoms with Gasteiger partial charge in [-0.25, -0.2) is 13.2 Å². The Hall–Kier alpha value is -1.04. The average Bonchev–Trinajstić information content (AvgIpc) is 2.38. The van der Waals surface area contributed by atoms with E-state index >= 15 is 0 Å². The zero-order valence-corrected chi connectivity index (χ0v) is 12.7. The van der Waals surface area contributed by atoms with Gasteiger partial charge in [-0.05, 0) is 30.8 Å². The molecule has 0 heterocycles. The molecule has 0 aliphatic rings. The maximum Gasteiger partial charge on any atom is 0.161 e. The van der Waals surface area contributed by atoms with Crippen LogP contribution in [-0.2, 0) is 0 Å². The van der Waals surface area contributed by atoms with Gasteiger partial charge in [0.05, 0.1) is 6.04 Å². The largest absolute Gasteiger partial charge is 0.309 e. The van der Waals surface area contributed by atoms with Crippen molar-refractivity contribution < 1.29 is 13.2 Å². The second-order valence-corrected chi connectivity index (χ2v) is 5.50. The van der Waals surface area contributed by atoms with Crippen LogP contribution in [0.25, 0.3) is 0 Å². The first kappa shape index (κ1) is 15.4. The van der Waals surface area contributed by atoms with Crippen LogP contribution in [0.15, 0.2) is 34.8 Å². The summed E-state index contributed by atoms with van der Waals surface area (Å²) >= 11 is 9.39. The minimum atomic E-state index is -1.22. The molecule has 0 bridgehead atoms. The van der Waals surface area contributed by atoms with Crippen LogP contribution < -0.4 is 5.32 Å². The van der Waals surface area contributed by atoms with E-state index in [1.54, 1.807) is 25.2 Å². The van der Waals surface area contributed by atoms with Crippen LogP contribution in [0.1, 0.15) is 17.2 Å². The summed E-state index contributed by atoms with van der Waals surface area (Å²) < 4.78 is 41.0. The Morgan fingerprint density at radius 3 is 2.25 bits per heavy atom. The summed E-state index contributed by atoms with van der Waals surface area (Å²) in [5.74, 6) is -3.15. The second-order valence-electron chi connectivity index (χ2n) is 4.18. The van der Waals surface area contributed by atoms with E-state index in [0.717, 1.165) is 10.5 Å². The molecule has 20 heavy (non-hydrogen) atoms. The van der Waals surface area contributed by atoms with Crippen LogP contribution in [0.4, 0.5) is 13.2 Å². The Bertz CT molecular complexity index is 649. The van der Waals surface area contributed by atoms with Gasteiger partial charge in [0.1, 0.15) is 5.82 Å². The summed E-state index contributed by atoms with van der Waals surface area (Å²) in [5, 5.41) is 3.25. The summed E-state index contributed by atoms with van der Waals surface area (Å²) in [6.45, 7) is 0. The zero-order chi connectivity index (χ0) is 14.9. The van der Waals surface area contributed by atoms with Crippen molar-refractivity contribution in [2.45, 2.75) is 6.04 Å². The fourth-order valence-electron chi connectivity index (χ4n) is 1.97. The molecule has 0 saturated heterocycles. The van der Waals surface area contributed by atoms with E-state index in [-0.39, 0.29) is 5.56 Å². The average molecular weight is 365 g/mol. The highest BCUT2D eigenvalue weighted by molar-refractivity contribution is 9.10. The Kier molecular flexibility index (Phi) is 4.73. The van der Waals surface area contributed by atoms with Crippen molar-refractivity contribution in [2.24, 2.45) is 0 Å². The standard InChI is InChI=1S/C14H10BrClF3N/c1-20-14(8-3-2-7(15)4-10(8)16)9-5-12(18)13(19)6-11(9)17/h2-6,14,20H,1H3. The van der Waals surface area contributed by atoms with Gasteiger partial charge in [-0.3, -0.25) is 0 Å². The van der Waals surface area contributed by atoms with E-state index in [0.29, 0.717) is 16.7 Å². The molecule has 0 aliphatic heterocycles. The van der Waals surface area contributed by atoms with Gasteiger partial charge >= 0.3 is 0 Å². The first-order valence-electron chi connectivity index (χ1n) is 5.70. The monoisotopic (exact) mass is 363 g/mol. The molecule has 1 N–H and O–H groups in total. The van der Waals surface area contributed by atoms with E-state index < -0.39 is 23.5 Å². The maximum atomic E-state index is 13.9. The number of nitrogens with one attached hydrogen (secondary N) is 1. The molecular formula is C14H10BrClF3N. The van der Waals surface area contributed by atoms with Crippen molar-refractivity contribution in [2.75, 3.05) is 7.05 Å². The third-order valence-electron chi connectivity index (χ3n) is 2.91. The Balaban J connectivity index is 2.55. The summed E-state index contributed by atoms with van der Waals surface area (Å²) in [7, 11) is 1.59. The predicted molar refractivity (Wildman–Crippen MR) is 76.4 cm³/mol. The first-order chi connectivity index (χ1) is 9.43. The molecule has 2 rings (SSSR count). The molecule has 1 nitrogen and oxygen atoms in total. The minimum absolute atomic E-state index is 0.00405. The SMILES string of the molecule is CNC(c1cc(F)c(F)cc1F)c1ccc(Br)cc1Cl. The van der Waals surface area contributed by atoms with Crippen LogP contribution in [0.2, 0.25) is 5.02 Å². The molecule has 1 atom stereocenters. The van der Waals surface area contributed by atoms with E-state index in [4.69, 9.17) is 11.6 Å². The number of hydrogen-bond donors (Lipinski definition) is 1. The van der Waals surface area contributed by atoms with Crippen molar-refractivity contribution in [1.29, 1.82) is 0 Å². The molecule has 0 saturated carbocycles. The van der Waals surface area contributed by atoms with Gasteiger partial charge < -0.3 is 5.32 Å². The first-order valence-corrected chi connectivity index (χ1v) is 6.87. The highest BCUT2D eigenvalue weighted by Crippen LogP contribution is 2.32. The lowest BCUT2D eigenvalue weighted by Gasteiger charge is -2.19. The van der Waals surface area contributed by atoms with Gasteiger partial charge in [0.2, 0.25) is 0 Å². The lowest BCUT2D eigenvalue weighted by atomic mass is 9.98. The number of benzene rings is 2. The molecule has 1 unspecified atom stereocenters. The molecule has 2 aromatic rings. The van der Waals surface area contributed by atoms with Crippen molar-refractivity contribution in [3.8, 4) is 0 Å².